The fraction of sp³-hybridized carbons (Fsp3) is 0.519. The van der Waals surface area contributed by atoms with Crippen LogP contribution in [0.5, 0.6) is 0 Å². The average molecular weight is 490 g/mol. The van der Waals surface area contributed by atoms with Crippen LogP contribution in [0.15, 0.2) is 42.5 Å². The molecular weight excluding hydrogens is 455 g/mol. The first-order valence-corrected chi connectivity index (χ1v) is 12.2. The molecule has 8 heteroatoms. The van der Waals surface area contributed by atoms with Gasteiger partial charge < -0.3 is 15.3 Å². The average Bonchev–Trinajstić information content (AvgIpc) is 3.59. The summed E-state index contributed by atoms with van der Waals surface area (Å²) in [6.07, 6.45) is -0.982. The van der Waals surface area contributed by atoms with Crippen LogP contribution < -0.4 is 5.32 Å². The van der Waals surface area contributed by atoms with Crippen LogP contribution in [0.3, 0.4) is 0 Å². The Kier molecular flexibility index (Phi) is 7.43. The lowest BCUT2D eigenvalue weighted by Crippen LogP contribution is -2.44. The molecule has 0 atom stereocenters. The zero-order valence-electron chi connectivity index (χ0n) is 20.4. The van der Waals surface area contributed by atoms with Crippen LogP contribution in [-0.2, 0) is 30.5 Å². The van der Waals surface area contributed by atoms with Gasteiger partial charge in [-0.1, -0.05) is 30.3 Å². The fourth-order valence-electron chi connectivity index (χ4n) is 4.78. The Balaban J connectivity index is 1.46. The van der Waals surface area contributed by atoms with Crippen LogP contribution >= 0.6 is 0 Å². The molecule has 0 saturated heterocycles. The molecule has 0 bridgehead atoms. The number of carbonyl (C=O) groups excluding carboxylic acids is 1. The molecule has 1 aliphatic carbocycles. The highest BCUT2D eigenvalue weighted by Crippen LogP contribution is 2.34. The molecule has 0 radical (unpaired) electrons. The van der Waals surface area contributed by atoms with Crippen LogP contribution in [0.1, 0.15) is 48.9 Å². The molecule has 1 amide bonds. The molecule has 4 rings (SSSR count). The number of hydrogen-bond acceptors (Lipinski definition) is 4. The van der Waals surface area contributed by atoms with Crippen molar-refractivity contribution >= 4 is 11.6 Å². The zero-order chi connectivity index (χ0) is 25.2. The summed E-state index contributed by atoms with van der Waals surface area (Å²) in [6, 6.07) is 11.3. The van der Waals surface area contributed by atoms with Crippen molar-refractivity contribution < 1.29 is 23.1 Å². The summed E-state index contributed by atoms with van der Waals surface area (Å²) in [6.45, 7) is 5.72. The van der Waals surface area contributed by atoms with Crippen molar-refractivity contribution in [1.29, 1.82) is 0 Å². The normalized spacial score (nSPS) is 16.6. The summed E-state index contributed by atoms with van der Waals surface area (Å²) >= 11 is 0. The van der Waals surface area contributed by atoms with E-state index in [0.29, 0.717) is 0 Å². The number of carbonyl (C=O) groups is 1. The van der Waals surface area contributed by atoms with Gasteiger partial charge in [0, 0.05) is 38.4 Å². The quantitative estimate of drug-likeness (QED) is 0.537. The third kappa shape index (κ3) is 6.98. The molecular formula is C27H34F3N3O2. The third-order valence-corrected chi connectivity index (χ3v) is 6.60. The molecule has 2 aromatic carbocycles. The molecule has 5 nitrogen and oxygen atoms in total. The first-order chi connectivity index (χ1) is 16.5. The highest BCUT2D eigenvalue weighted by molar-refractivity contribution is 5.81. The lowest BCUT2D eigenvalue weighted by molar-refractivity contribution is -0.140. The predicted molar refractivity (Wildman–Crippen MR) is 130 cm³/mol. The standard InChI is InChI=1S/C27H34F3N3O2/c1-26(2,35)18-33(17-21-6-3-4-8-23(21)27(28,29)30)25(34)14-31-24-9-5-7-20-16-32(13-12-22(20)24)15-19-10-11-19/h3-9,19,31,35H,10-18H2,1-2H3. The molecule has 0 aromatic heterocycles. The number of hydrogen-bond donors (Lipinski definition) is 2. The summed E-state index contributed by atoms with van der Waals surface area (Å²) < 4.78 is 40.5. The van der Waals surface area contributed by atoms with Crippen molar-refractivity contribution in [2.45, 2.75) is 58.0 Å². The molecule has 35 heavy (non-hydrogen) atoms. The minimum Gasteiger partial charge on any atom is -0.389 e. The van der Waals surface area contributed by atoms with Crippen molar-refractivity contribution in [2.75, 3.05) is 31.5 Å². The molecule has 0 spiro atoms. The maximum absolute atomic E-state index is 13.5. The van der Waals surface area contributed by atoms with Crippen LogP contribution in [0.2, 0.25) is 0 Å². The van der Waals surface area contributed by atoms with E-state index in [1.807, 2.05) is 12.1 Å². The number of nitrogens with one attached hydrogen (secondary N) is 1. The molecule has 2 aromatic rings. The Morgan fingerprint density at radius 3 is 2.57 bits per heavy atom. The Morgan fingerprint density at radius 2 is 1.89 bits per heavy atom. The van der Waals surface area contributed by atoms with Gasteiger partial charge in [-0.05, 0) is 67.9 Å². The number of benzene rings is 2. The summed E-state index contributed by atoms with van der Waals surface area (Å²) in [5.41, 5.74) is 1.33. The Morgan fingerprint density at radius 1 is 1.14 bits per heavy atom. The van der Waals surface area contributed by atoms with Crippen molar-refractivity contribution in [3.8, 4) is 0 Å². The highest BCUT2D eigenvalue weighted by atomic mass is 19.4. The Bertz CT molecular complexity index is 1040. The molecule has 1 aliphatic heterocycles. The fourth-order valence-corrected chi connectivity index (χ4v) is 4.78. The van der Waals surface area contributed by atoms with Gasteiger partial charge in [0.15, 0.2) is 0 Å². The van der Waals surface area contributed by atoms with Crippen molar-refractivity contribution in [1.82, 2.24) is 9.80 Å². The summed E-state index contributed by atoms with van der Waals surface area (Å²) in [5, 5.41) is 13.6. The molecule has 190 valence electrons. The molecule has 1 heterocycles. The number of amides is 1. The predicted octanol–water partition coefficient (Wildman–Crippen LogP) is 4.69. The van der Waals surface area contributed by atoms with E-state index in [9.17, 15) is 23.1 Å². The van der Waals surface area contributed by atoms with Gasteiger partial charge in [-0.25, -0.2) is 0 Å². The van der Waals surface area contributed by atoms with Crippen LogP contribution in [0.4, 0.5) is 18.9 Å². The highest BCUT2D eigenvalue weighted by Gasteiger charge is 2.34. The zero-order valence-corrected chi connectivity index (χ0v) is 20.4. The van der Waals surface area contributed by atoms with E-state index in [0.717, 1.165) is 43.7 Å². The van der Waals surface area contributed by atoms with Gasteiger partial charge in [-0.3, -0.25) is 9.69 Å². The maximum Gasteiger partial charge on any atom is 0.416 e. The number of fused-ring (bicyclic) bond motifs is 1. The van der Waals surface area contributed by atoms with Crippen molar-refractivity contribution in [2.24, 2.45) is 5.92 Å². The van der Waals surface area contributed by atoms with Gasteiger partial charge in [-0.2, -0.15) is 13.2 Å². The third-order valence-electron chi connectivity index (χ3n) is 6.60. The second-order valence-electron chi connectivity index (χ2n) is 10.4. The first-order valence-electron chi connectivity index (χ1n) is 12.2. The van der Waals surface area contributed by atoms with E-state index < -0.39 is 17.3 Å². The lowest BCUT2D eigenvalue weighted by Gasteiger charge is -2.31. The van der Waals surface area contributed by atoms with Crippen LogP contribution in [0.25, 0.3) is 0 Å². The second kappa shape index (κ2) is 10.2. The number of halogens is 3. The van der Waals surface area contributed by atoms with Gasteiger partial charge in [0.2, 0.25) is 5.91 Å². The number of rotatable bonds is 9. The molecule has 1 fully saturated rings. The second-order valence-corrected chi connectivity index (χ2v) is 10.4. The van der Waals surface area contributed by atoms with Crippen molar-refractivity contribution in [3.05, 3.63) is 64.7 Å². The van der Waals surface area contributed by atoms with E-state index in [1.165, 1.54) is 60.9 Å². The monoisotopic (exact) mass is 489 g/mol. The van der Waals surface area contributed by atoms with Gasteiger partial charge in [0.1, 0.15) is 0 Å². The van der Waals surface area contributed by atoms with Gasteiger partial charge in [0.05, 0.1) is 17.7 Å². The van der Waals surface area contributed by atoms with Gasteiger partial charge >= 0.3 is 6.18 Å². The lowest BCUT2D eigenvalue weighted by atomic mass is 9.97. The Labute approximate surface area is 204 Å². The summed E-state index contributed by atoms with van der Waals surface area (Å²) in [7, 11) is 0. The minimum atomic E-state index is -4.52. The van der Waals surface area contributed by atoms with Gasteiger partial charge in [-0.15, -0.1) is 0 Å². The molecule has 1 saturated carbocycles. The van der Waals surface area contributed by atoms with E-state index in [1.54, 1.807) is 0 Å². The molecule has 2 N–H and O–H groups in total. The largest absolute Gasteiger partial charge is 0.416 e. The van der Waals surface area contributed by atoms with Crippen LogP contribution in [0, 0.1) is 5.92 Å². The number of nitrogens with zero attached hydrogens (tertiary/aromatic N) is 2. The van der Waals surface area contributed by atoms with E-state index >= 15 is 0 Å². The number of anilines is 1. The number of alkyl halides is 3. The van der Waals surface area contributed by atoms with E-state index in [2.05, 4.69) is 16.3 Å². The first kappa shape index (κ1) is 25.5. The summed E-state index contributed by atoms with van der Waals surface area (Å²) in [4.78, 5) is 17.0. The summed E-state index contributed by atoms with van der Waals surface area (Å²) in [5.74, 6) is 0.465. The molecule has 0 unspecified atom stereocenters. The minimum absolute atomic E-state index is 0.00504. The van der Waals surface area contributed by atoms with Gasteiger partial charge in [0.25, 0.3) is 0 Å². The Hall–Kier alpha value is -2.58. The molecule has 2 aliphatic rings. The number of aliphatic hydroxyl groups is 1. The van der Waals surface area contributed by atoms with E-state index in [4.69, 9.17) is 0 Å². The smallest absolute Gasteiger partial charge is 0.389 e. The van der Waals surface area contributed by atoms with E-state index in [-0.39, 0.29) is 31.1 Å². The SMILES string of the molecule is CC(C)(O)CN(Cc1ccccc1C(F)(F)F)C(=O)CNc1cccc2c1CCN(CC1CC1)C2. The van der Waals surface area contributed by atoms with Crippen LogP contribution in [-0.4, -0.2) is 52.6 Å². The maximum atomic E-state index is 13.5. The van der Waals surface area contributed by atoms with Crippen molar-refractivity contribution in [3.63, 3.8) is 0 Å². The topological polar surface area (TPSA) is 55.8 Å².